The van der Waals surface area contributed by atoms with Crippen molar-refractivity contribution in [2.75, 3.05) is 11.1 Å². The topological polar surface area (TPSA) is 93.8 Å². The molecule has 0 saturated heterocycles. The molecule has 3 N–H and O–H groups in total. The van der Waals surface area contributed by atoms with Crippen LogP contribution in [0.5, 0.6) is 0 Å². The molecule has 0 atom stereocenters. The van der Waals surface area contributed by atoms with Crippen molar-refractivity contribution in [3.8, 4) is 0 Å². The number of aryl methyl sites for hydroxylation is 1. The molecule has 6 heteroatoms. The van der Waals surface area contributed by atoms with E-state index in [9.17, 15) is 4.79 Å². The van der Waals surface area contributed by atoms with Crippen molar-refractivity contribution in [1.29, 1.82) is 0 Å². The quantitative estimate of drug-likeness (QED) is 0.801. The van der Waals surface area contributed by atoms with Gasteiger partial charge in [-0.15, -0.1) is 0 Å². The lowest BCUT2D eigenvalue weighted by molar-refractivity contribution is 0.102. The molecule has 2 heterocycles. The monoisotopic (exact) mass is 229 g/mol. The number of nitrogens with zero attached hydrogens (tertiary/aromatic N) is 3. The van der Waals surface area contributed by atoms with E-state index in [1.54, 1.807) is 18.5 Å². The number of pyridine rings is 1. The molecular weight excluding hydrogens is 218 g/mol. The van der Waals surface area contributed by atoms with Crippen molar-refractivity contribution >= 4 is 17.4 Å². The minimum atomic E-state index is -0.360. The van der Waals surface area contributed by atoms with Gasteiger partial charge in [0.05, 0.1) is 24.3 Å². The van der Waals surface area contributed by atoms with E-state index in [1.165, 1.54) is 12.4 Å². The first-order valence-electron chi connectivity index (χ1n) is 4.96. The maximum atomic E-state index is 11.8. The lowest BCUT2D eigenvalue weighted by Crippen LogP contribution is -2.15. The Labute approximate surface area is 97.9 Å². The van der Waals surface area contributed by atoms with Gasteiger partial charge >= 0.3 is 0 Å². The zero-order valence-corrected chi connectivity index (χ0v) is 9.21. The van der Waals surface area contributed by atoms with Gasteiger partial charge in [-0.3, -0.25) is 14.8 Å². The third kappa shape index (κ3) is 2.54. The number of rotatable bonds is 2. The molecule has 0 aliphatic heterocycles. The molecule has 0 fully saturated rings. The molecule has 2 aromatic heterocycles. The molecule has 86 valence electrons. The molecule has 0 spiro atoms. The fourth-order valence-electron chi connectivity index (χ4n) is 1.27. The van der Waals surface area contributed by atoms with Gasteiger partial charge in [-0.2, -0.15) is 0 Å². The van der Waals surface area contributed by atoms with Crippen LogP contribution in [-0.2, 0) is 0 Å². The first kappa shape index (κ1) is 11.0. The molecular formula is C11H11N5O. The predicted octanol–water partition coefficient (Wildman–Crippen LogP) is 1.01. The number of nitrogens with two attached hydrogens (primary N) is 1. The predicted molar refractivity (Wildman–Crippen MR) is 63.4 cm³/mol. The van der Waals surface area contributed by atoms with Gasteiger partial charge in [0.15, 0.2) is 0 Å². The number of hydrogen-bond donors (Lipinski definition) is 2. The molecule has 0 aliphatic carbocycles. The summed E-state index contributed by atoms with van der Waals surface area (Å²) in [5, 5.41) is 2.69. The summed E-state index contributed by atoms with van der Waals surface area (Å²) in [4.78, 5) is 23.4. The number of amides is 1. The van der Waals surface area contributed by atoms with E-state index in [0.717, 1.165) is 5.56 Å². The average Bonchev–Trinajstić information content (AvgIpc) is 2.32. The lowest BCUT2D eigenvalue weighted by atomic mass is 10.2. The summed E-state index contributed by atoms with van der Waals surface area (Å²) >= 11 is 0. The van der Waals surface area contributed by atoms with Crippen molar-refractivity contribution in [1.82, 2.24) is 15.0 Å². The van der Waals surface area contributed by atoms with Crippen LogP contribution in [0, 0.1) is 6.92 Å². The van der Waals surface area contributed by atoms with Crippen LogP contribution >= 0.6 is 0 Å². The van der Waals surface area contributed by atoms with E-state index < -0.39 is 0 Å². The number of nitrogen functional groups attached to an aromatic ring is 1. The zero-order chi connectivity index (χ0) is 12.3. The molecule has 0 unspecified atom stereocenters. The molecule has 17 heavy (non-hydrogen) atoms. The second-order valence-electron chi connectivity index (χ2n) is 3.47. The molecule has 0 aliphatic rings. The zero-order valence-electron chi connectivity index (χ0n) is 9.21. The Hall–Kier alpha value is -2.50. The number of hydrogen-bond acceptors (Lipinski definition) is 5. The van der Waals surface area contributed by atoms with E-state index in [0.29, 0.717) is 5.69 Å². The largest absolute Gasteiger partial charge is 0.382 e. The Morgan fingerprint density at radius 2 is 2.12 bits per heavy atom. The van der Waals surface area contributed by atoms with Gasteiger partial charge < -0.3 is 11.1 Å². The van der Waals surface area contributed by atoms with Crippen molar-refractivity contribution in [2.24, 2.45) is 0 Å². The van der Waals surface area contributed by atoms with Crippen LogP contribution in [0.1, 0.15) is 16.1 Å². The molecule has 0 saturated carbocycles. The second-order valence-corrected chi connectivity index (χ2v) is 3.47. The standard InChI is InChI=1S/C11H11N5O/c1-7-2-3-13-4-8(7)16-11(17)9-5-14-6-10(12)15-9/h2-6H,1H3,(H2,12,15)(H,16,17). The van der Waals surface area contributed by atoms with Gasteiger partial charge in [0, 0.05) is 6.20 Å². The lowest BCUT2D eigenvalue weighted by Gasteiger charge is -2.06. The highest BCUT2D eigenvalue weighted by molar-refractivity contribution is 6.03. The van der Waals surface area contributed by atoms with Crippen molar-refractivity contribution in [2.45, 2.75) is 6.92 Å². The van der Waals surface area contributed by atoms with Crippen LogP contribution in [0.3, 0.4) is 0 Å². The van der Waals surface area contributed by atoms with E-state index in [2.05, 4.69) is 20.3 Å². The van der Waals surface area contributed by atoms with Crippen LogP contribution in [-0.4, -0.2) is 20.9 Å². The first-order valence-corrected chi connectivity index (χ1v) is 4.96. The third-order valence-electron chi connectivity index (χ3n) is 2.17. The van der Waals surface area contributed by atoms with Crippen LogP contribution in [0.2, 0.25) is 0 Å². The fraction of sp³-hybridized carbons (Fsp3) is 0.0909. The number of carbonyl (C=O) groups excluding carboxylic acids is 1. The molecule has 6 nitrogen and oxygen atoms in total. The SMILES string of the molecule is Cc1ccncc1NC(=O)c1cncc(N)n1. The molecule has 0 aromatic carbocycles. The summed E-state index contributed by atoms with van der Waals surface area (Å²) in [6.45, 7) is 1.88. The smallest absolute Gasteiger partial charge is 0.276 e. The Morgan fingerprint density at radius 3 is 2.82 bits per heavy atom. The van der Waals surface area contributed by atoms with E-state index in [-0.39, 0.29) is 17.4 Å². The Balaban J connectivity index is 2.20. The average molecular weight is 229 g/mol. The highest BCUT2D eigenvalue weighted by Crippen LogP contribution is 2.12. The summed E-state index contributed by atoms with van der Waals surface area (Å²) in [7, 11) is 0. The minimum Gasteiger partial charge on any atom is -0.382 e. The summed E-state index contributed by atoms with van der Waals surface area (Å²) in [6.07, 6.45) is 5.97. The molecule has 0 radical (unpaired) electrons. The van der Waals surface area contributed by atoms with Crippen molar-refractivity contribution in [3.63, 3.8) is 0 Å². The van der Waals surface area contributed by atoms with Crippen molar-refractivity contribution < 1.29 is 4.79 Å². The Bertz CT molecular complexity index is 555. The van der Waals surface area contributed by atoms with Gasteiger partial charge in [0.2, 0.25) is 0 Å². The van der Waals surface area contributed by atoms with E-state index in [1.807, 2.05) is 6.92 Å². The summed E-state index contributed by atoms with van der Waals surface area (Å²) in [5.74, 6) is -0.151. The minimum absolute atomic E-state index is 0.174. The van der Waals surface area contributed by atoms with Gasteiger partial charge in [-0.05, 0) is 18.6 Å². The maximum Gasteiger partial charge on any atom is 0.276 e. The Kier molecular flexibility index (Phi) is 2.95. The summed E-state index contributed by atoms with van der Waals surface area (Å²) < 4.78 is 0. The number of nitrogens with one attached hydrogen (secondary N) is 1. The molecule has 1 amide bonds. The molecule has 2 rings (SSSR count). The third-order valence-corrected chi connectivity index (χ3v) is 2.17. The van der Waals surface area contributed by atoms with E-state index >= 15 is 0 Å². The number of anilines is 2. The van der Waals surface area contributed by atoms with Crippen LogP contribution < -0.4 is 11.1 Å². The van der Waals surface area contributed by atoms with Gasteiger partial charge in [-0.25, -0.2) is 4.98 Å². The Morgan fingerprint density at radius 1 is 1.29 bits per heavy atom. The van der Waals surface area contributed by atoms with Crippen LogP contribution in [0.15, 0.2) is 30.9 Å². The molecule has 2 aromatic rings. The normalized spacial score (nSPS) is 9.94. The van der Waals surface area contributed by atoms with Gasteiger partial charge in [0.1, 0.15) is 11.5 Å². The summed E-state index contributed by atoms with van der Waals surface area (Å²) in [5.41, 5.74) is 7.19. The first-order chi connectivity index (χ1) is 8.16. The van der Waals surface area contributed by atoms with Crippen LogP contribution in [0.25, 0.3) is 0 Å². The molecule has 0 bridgehead atoms. The van der Waals surface area contributed by atoms with Gasteiger partial charge in [0.25, 0.3) is 5.91 Å². The second kappa shape index (κ2) is 4.56. The van der Waals surface area contributed by atoms with E-state index in [4.69, 9.17) is 5.73 Å². The fourth-order valence-corrected chi connectivity index (χ4v) is 1.27. The maximum absolute atomic E-state index is 11.8. The number of aromatic nitrogens is 3. The highest BCUT2D eigenvalue weighted by atomic mass is 16.1. The highest BCUT2D eigenvalue weighted by Gasteiger charge is 2.09. The number of carbonyl (C=O) groups is 1. The van der Waals surface area contributed by atoms with Crippen LogP contribution in [0.4, 0.5) is 11.5 Å². The van der Waals surface area contributed by atoms with Crippen molar-refractivity contribution in [3.05, 3.63) is 42.1 Å². The summed E-state index contributed by atoms with van der Waals surface area (Å²) in [6, 6.07) is 1.81. The van der Waals surface area contributed by atoms with Gasteiger partial charge in [-0.1, -0.05) is 0 Å².